The maximum Gasteiger partial charge on any atom is 0.246 e. The van der Waals surface area contributed by atoms with Crippen LogP contribution in [-0.4, -0.2) is 58.4 Å². The smallest absolute Gasteiger partial charge is 0.246 e. The summed E-state index contributed by atoms with van der Waals surface area (Å²) in [4.78, 5) is 27.5. The van der Waals surface area contributed by atoms with Crippen LogP contribution in [0.5, 0.6) is 0 Å². The quantitative estimate of drug-likeness (QED) is 0.747. The van der Waals surface area contributed by atoms with Gasteiger partial charge in [-0.05, 0) is 6.42 Å². The maximum atomic E-state index is 12.3. The molecule has 0 aromatic heterocycles. The second-order valence-corrected chi connectivity index (χ2v) is 5.57. The van der Waals surface area contributed by atoms with Gasteiger partial charge in [-0.2, -0.15) is 0 Å². The lowest BCUT2D eigenvalue weighted by molar-refractivity contribution is -0.142. The van der Waals surface area contributed by atoms with Crippen molar-refractivity contribution in [2.45, 2.75) is 31.8 Å². The molecule has 2 saturated heterocycles. The SMILES string of the molecule is CCC(=O)N1CSCC1C(=O)N1CC[C@@H](N)C1. The minimum absolute atomic E-state index is 0.0665. The fraction of sp³-hybridized carbons (Fsp3) is 0.818. The van der Waals surface area contributed by atoms with Crippen molar-refractivity contribution in [3.63, 3.8) is 0 Å². The summed E-state index contributed by atoms with van der Waals surface area (Å²) in [6.45, 7) is 3.20. The van der Waals surface area contributed by atoms with Crippen LogP contribution in [0.1, 0.15) is 19.8 Å². The fourth-order valence-electron chi connectivity index (χ4n) is 2.29. The summed E-state index contributed by atoms with van der Waals surface area (Å²) in [5.41, 5.74) is 5.80. The van der Waals surface area contributed by atoms with E-state index in [1.165, 1.54) is 0 Å². The van der Waals surface area contributed by atoms with Crippen molar-refractivity contribution in [3.05, 3.63) is 0 Å². The lowest BCUT2D eigenvalue weighted by Gasteiger charge is -2.26. The van der Waals surface area contributed by atoms with Crippen molar-refractivity contribution in [2.24, 2.45) is 5.73 Å². The first kappa shape index (κ1) is 12.7. The Labute approximate surface area is 106 Å². The Bertz CT molecular complexity index is 324. The van der Waals surface area contributed by atoms with Crippen LogP contribution in [0.2, 0.25) is 0 Å². The van der Waals surface area contributed by atoms with E-state index < -0.39 is 0 Å². The Hall–Kier alpha value is -0.750. The highest BCUT2D eigenvalue weighted by molar-refractivity contribution is 7.99. The van der Waals surface area contributed by atoms with E-state index >= 15 is 0 Å². The van der Waals surface area contributed by atoms with Crippen LogP contribution in [-0.2, 0) is 9.59 Å². The van der Waals surface area contributed by atoms with Gasteiger partial charge in [0.2, 0.25) is 11.8 Å². The Kier molecular flexibility index (Phi) is 3.93. The molecule has 0 aromatic rings. The zero-order valence-corrected chi connectivity index (χ0v) is 10.9. The van der Waals surface area contributed by atoms with Crippen LogP contribution in [0.4, 0.5) is 0 Å². The summed E-state index contributed by atoms with van der Waals surface area (Å²) in [5.74, 6) is 1.50. The highest BCUT2D eigenvalue weighted by Gasteiger charge is 2.37. The molecule has 2 N–H and O–H groups in total. The van der Waals surface area contributed by atoms with Crippen molar-refractivity contribution >= 4 is 23.6 Å². The Morgan fingerprint density at radius 1 is 1.47 bits per heavy atom. The van der Waals surface area contributed by atoms with Crippen molar-refractivity contribution in [3.8, 4) is 0 Å². The third-order valence-corrected chi connectivity index (χ3v) is 4.34. The van der Waals surface area contributed by atoms with Gasteiger partial charge in [0.05, 0.1) is 5.88 Å². The van der Waals surface area contributed by atoms with E-state index in [4.69, 9.17) is 5.73 Å². The van der Waals surface area contributed by atoms with Crippen LogP contribution in [0, 0.1) is 0 Å². The van der Waals surface area contributed by atoms with Crippen LogP contribution in [0.3, 0.4) is 0 Å². The Morgan fingerprint density at radius 3 is 2.82 bits per heavy atom. The molecule has 2 rings (SSSR count). The minimum atomic E-state index is -0.266. The van der Waals surface area contributed by atoms with Crippen molar-refractivity contribution in [1.29, 1.82) is 0 Å². The van der Waals surface area contributed by atoms with E-state index in [2.05, 4.69) is 0 Å². The number of hydrogen-bond acceptors (Lipinski definition) is 4. The second kappa shape index (κ2) is 5.27. The molecule has 0 aromatic carbocycles. The van der Waals surface area contributed by atoms with Crippen molar-refractivity contribution in [1.82, 2.24) is 9.80 Å². The fourth-order valence-corrected chi connectivity index (χ4v) is 3.47. The highest BCUT2D eigenvalue weighted by atomic mass is 32.2. The number of likely N-dealkylation sites (tertiary alicyclic amines) is 1. The van der Waals surface area contributed by atoms with Gasteiger partial charge in [0.1, 0.15) is 6.04 Å². The van der Waals surface area contributed by atoms with E-state index in [1.807, 2.05) is 6.92 Å². The molecule has 0 radical (unpaired) electrons. The molecular formula is C11H19N3O2S. The van der Waals surface area contributed by atoms with Gasteiger partial charge in [-0.3, -0.25) is 9.59 Å². The van der Waals surface area contributed by atoms with Crippen LogP contribution in [0.15, 0.2) is 0 Å². The second-order valence-electron chi connectivity index (χ2n) is 4.57. The summed E-state index contributed by atoms with van der Waals surface area (Å²) in [7, 11) is 0. The van der Waals surface area contributed by atoms with Gasteiger partial charge in [-0.1, -0.05) is 6.92 Å². The number of carbonyl (C=O) groups excluding carboxylic acids is 2. The average molecular weight is 257 g/mol. The molecule has 17 heavy (non-hydrogen) atoms. The molecule has 2 atom stereocenters. The van der Waals surface area contributed by atoms with E-state index in [0.29, 0.717) is 18.8 Å². The number of rotatable bonds is 2. The average Bonchev–Trinajstić information content (AvgIpc) is 2.95. The first-order valence-corrected chi connectivity index (χ1v) is 7.20. The zero-order valence-electron chi connectivity index (χ0n) is 10.1. The van der Waals surface area contributed by atoms with Gasteiger partial charge in [-0.15, -0.1) is 11.8 Å². The van der Waals surface area contributed by atoms with Gasteiger partial charge in [0.25, 0.3) is 0 Å². The number of nitrogens with zero attached hydrogens (tertiary/aromatic N) is 2. The van der Waals surface area contributed by atoms with Gasteiger partial charge >= 0.3 is 0 Å². The Balaban J connectivity index is 2.01. The molecule has 5 nitrogen and oxygen atoms in total. The predicted octanol–water partition coefficient (Wildman–Crippen LogP) is -0.142. The molecule has 2 aliphatic rings. The van der Waals surface area contributed by atoms with Crippen molar-refractivity contribution < 1.29 is 9.59 Å². The molecular weight excluding hydrogens is 238 g/mol. The molecule has 6 heteroatoms. The molecule has 0 aliphatic carbocycles. The predicted molar refractivity (Wildman–Crippen MR) is 67.4 cm³/mol. The topological polar surface area (TPSA) is 66.6 Å². The molecule has 0 saturated carbocycles. The molecule has 1 unspecified atom stereocenters. The van der Waals surface area contributed by atoms with Crippen molar-refractivity contribution in [2.75, 3.05) is 24.7 Å². The summed E-state index contributed by atoms with van der Waals surface area (Å²) >= 11 is 1.65. The Morgan fingerprint density at radius 2 is 2.24 bits per heavy atom. The first-order valence-electron chi connectivity index (χ1n) is 6.05. The van der Waals surface area contributed by atoms with E-state index in [-0.39, 0.29) is 23.9 Å². The number of amides is 2. The largest absolute Gasteiger partial charge is 0.339 e. The number of hydrogen-bond donors (Lipinski definition) is 1. The van der Waals surface area contributed by atoms with E-state index in [1.54, 1.807) is 21.6 Å². The summed E-state index contributed by atoms with van der Waals surface area (Å²) in [6.07, 6.45) is 1.33. The summed E-state index contributed by atoms with van der Waals surface area (Å²) in [6, 6.07) is -0.166. The third-order valence-electron chi connectivity index (χ3n) is 3.33. The monoisotopic (exact) mass is 257 g/mol. The molecule has 2 amide bonds. The van der Waals surface area contributed by atoms with Gasteiger partial charge in [0.15, 0.2) is 0 Å². The molecule has 96 valence electrons. The summed E-state index contributed by atoms with van der Waals surface area (Å²) in [5, 5.41) is 0. The third kappa shape index (κ3) is 2.57. The van der Waals surface area contributed by atoms with Crippen LogP contribution >= 0.6 is 11.8 Å². The minimum Gasteiger partial charge on any atom is -0.339 e. The maximum absolute atomic E-state index is 12.3. The lowest BCUT2D eigenvalue weighted by Crippen LogP contribution is -2.48. The van der Waals surface area contributed by atoms with Crippen LogP contribution in [0.25, 0.3) is 0 Å². The van der Waals surface area contributed by atoms with Gasteiger partial charge < -0.3 is 15.5 Å². The van der Waals surface area contributed by atoms with Crippen LogP contribution < -0.4 is 5.73 Å². The number of carbonyl (C=O) groups is 2. The van der Waals surface area contributed by atoms with Gasteiger partial charge in [0, 0.05) is 31.3 Å². The van der Waals surface area contributed by atoms with E-state index in [0.717, 1.165) is 18.7 Å². The lowest BCUT2D eigenvalue weighted by atomic mass is 10.2. The molecule has 0 spiro atoms. The normalized spacial score (nSPS) is 28.8. The van der Waals surface area contributed by atoms with E-state index in [9.17, 15) is 9.59 Å². The standard InChI is InChI=1S/C11H19N3O2S/c1-2-10(15)14-7-17-6-9(14)11(16)13-4-3-8(12)5-13/h8-9H,2-7,12H2,1H3/t8-,9?/m1/s1. The molecule has 2 fully saturated rings. The highest BCUT2D eigenvalue weighted by Crippen LogP contribution is 2.24. The molecule has 0 bridgehead atoms. The zero-order chi connectivity index (χ0) is 12.4. The number of nitrogens with two attached hydrogens (primary N) is 1. The molecule has 2 heterocycles. The van der Waals surface area contributed by atoms with Gasteiger partial charge in [-0.25, -0.2) is 0 Å². The molecule has 2 aliphatic heterocycles. The number of thioether (sulfide) groups is 1. The first-order chi connectivity index (χ1) is 8.13. The summed E-state index contributed by atoms with van der Waals surface area (Å²) < 4.78 is 0.